The van der Waals surface area contributed by atoms with Crippen molar-refractivity contribution in [1.29, 1.82) is 0 Å². The predicted molar refractivity (Wildman–Crippen MR) is 100 cm³/mol. The van der Waals surface area contributed by atoms with Crippen LogP contribution in [0.3, 0.4) is 0 Å². The summed E-state index contributed by atoms with van der Waals surface area (Å²) >= 11 is 12.1. The van der Waals surface area contributed by atoms with E-state index in [2.05, 4.69) is 9.88 Å². The highest BCUT2D eigenvalue weighted by Gasteiger charge is 2.23. The van der Waals surface area contributed by atoms with Crippen molar-refractivity contribution in [2.24, 2.45) is 0 Å². The number of aliphatic hydroxyl groups excluding tert-OH is 1. The van der Waals surface area contributed by atoms with E-state index >= 15 is 0 Å². The second kappa shape index (κ2) is 6.54. The number of hydrogen-bond acceptors (Lipinski definition) is 3. The third kappa shape index (κ3) is 3.23. The Kier molecular flexibility index (Phi) is 4.38. The summed E-state index contributed by atoms with van der Waals surface area (Å²) < 4.78 is 0. The number of phenols is 1. The van der Waals surface area contributed by atoms with Gasteiger partial charge in [0.05, 0.1) is 11.1 Å². The van der Waals surface area contributed by atoms with Crippen LogP contribution >= 0.6 is 23.2 Å². The van der Waals surface area contributed by atoms with Gasteiger partial charge in [-0.05, 0) is 35.7 Å². The monoisotopic (exact) mass is 376 g/mol. The molecule has 0 saturated heterocycles. The highest BCUT2D eigenvalue weighted by atomic mass is 35.5. The van der Waals surface area contributed by atoms with Gasteiger partial charge in [0.15, 0.2) is 0 Å². The summed E-state index contributed by atoms with van der Waals surface area (Å²) in [5.74, 6) is 0.0843. The zero-order chi connectivity index (χ0) is 17.6. The van der Waals surface area contributed by atoms with Crippen molar-refractivity contribution in [3.63, 3.8) is 0 Å². The standard InChI is InChI=1S/C19H18Cl2N2O2/c20-12-3-1-2-11(6-12)19(25)10-23-5-4-13-14-7-15(21)18(24)8-16(14)22-17(13)9-23/h1-3,6-8,19,22,24-25H,4-5,9-10H2. The Labute approximate surface area is 155 Å². The van der Waals surface area contributed by atoms with Crippen LogP contribution in [0.15, 0.2) is 36.4 Å². The van der Waals surface area contributed by atoms with E-state index in [0.717, 1.165) is 41.7 Å². The van der Waals surface area contributed by atoms with Gasteiger partial charge >= 0.3 is 0 Å². The van der Waals surface area contributed by atoms with E-state index in [1.807, 2.05) is 18.2 Å². The van der Waals surface area contributed by atoms with Crippen LogP contribution in [0.1, 0.15) is 22.9 Å². The minimum atomic E-state index is -0.580. The van der Waals surface area contributed by atoms with Crippen LogP contribution in [0.4, 0.5) is 0 Å². The van der Waals surface area contributed by atoms with E-state index in [-0.39, 0.29) is 5.75 Å². The first-order valence-corrected chi connectivity index (χ1v) is 8.94. The van der Waals surface area contributed by atoms with Crippen LogP contribution in [0, 0.1) is 0 Å². The van der Waals surface area contributed by atoms with E-state index in [1.165, 1.54) is 5.56 Å². The fourth-order valence-corrected chi connectivity index (χ4v) is 3.89. The SMILES string of the molecule is Oc1cc2[nH]c3c(c2cc1Cl)CCN(CC(O)c1cccc(Cl)c1)C3. The number of H-pyrrole nitrogens is 1. The fraction of sp³-hybridized carbons (Fsp3) is 0.263. The van der Waals surface area contributed by atoms with Crippen LogP contribution in [0.2, 0.25) is 10.0 Å². The van der Waals surface area contributed by atoms with Crippen LogP contribution in [0.25, 0.3) is 10.9 Å². The first-order valence-electron chi connectivity index (χ1n) is 8.19. The number of rotatable bonds is 3. The lowest BCUT2D eigenvalue weighted by Crippen LogP contribution is -2.33. The molecular weight excluding hydrogens is 359 g/mol. The summed E-state index contributed by atoms with van der Waals surface area (Å²) in [6.07, 6.45) is 0.293. The molecule has 2 heterocycles. The quantitative estimate of drug-likeness (QED) is 0.639. The Bertz CT molecular complexity index is 939. The van der Waals surface area contributed by atoms with Crippen LogP contribution in [-0.2, 0) is 13.0 Å². The highest BCUT2D eigenvalue weighted by molar-refractivity contribution is 6.32. The number of fused-ring (bicyclic) bond motifs is 3. The van der Waals surface area contributed by atoms with Crippen molar-refractivity contribution in [2.75, 3.05) is 13.1 Å². The lowest BCUT2D eigenvalue weighted by molar-refractivity contribution is 0.105. The summed E-state index contributed by atoms with van der Waals surface area (Å²) in [4.78, 5) is 5.59. The maximum atomic E-state index is 10.5. The molecule has 0 fully saturated rings. The molecule has 4 rings (SSSR count). The van der Waals surface area contributed by atoms with Gasteiger partial charge in [-0.2, -0.15) is 0 Å². The number of aromatic nitrogens is 1. The second-order valence-electron chi connectivity index (χ2n) is 6.49. The van der Waals surface area contributed by atoms with Gasteiger partial charge in [0.25, 0.3) is 0 Å². The number of hydrogen-bond donors (Lipinski definition) is 3. The second-order valence-corrected chi connectivity index (χ2v) is 7.33. The molecule has 4 nitrogen and oxygen atoms in total. The third-order valence-corrected chi connectivity index (χ3v) is 5.32. The molecule has 3 aromatic rings. The van der Waals surface area contributed by atoms with Crippen molar-refractivity contribution in [3.8, 4) is 5.75 Å². The normalized spacial score (nSPS) is 16.1. The van der Waals surface area contributed by atoms with Crippen LogP contribution in [0.5, 0.6) is 5.75 Å². The summed E-state index contributed by atoms with van der Waals surface area (Å²) in [5, 5.41) is 22.3. The number of aromatic hydroxyl groups is 1. The Morgan fingerprint density at radius 2 is 2.04 bits per heavy atom. The molecular formula is C19H18Cl2N2O2. The molecule has 130 valence electrons. The molecule has 1 aliphatic rings. The molecule has 1 aromatic heterocycles. The van der Waals surface area contributed by atoms with Crippen molar-refractivity contribution < 1.29 is 10.2 Å². The summed E-state index contributed by atoms with van der Waals surface area (Å²) in [6.45, 7) is 2.12. The number of halogens is 2. The number of benzene rings is 2. The summed E-state index contributed by atoms with van der Waals surface area (Å²) in [7, 11) is 0. The van der Waals surface area contributed by atoms with E-state index in [1.54, 1.807) is 18.2 Å². The Morgan fingerprint density at radius 1 is 1.20 bits per heavy atom. The molecule has 0 aliphatic carbocycles. The highest BCUT2D eigenvalue weighted by Crippen LogP contribution is 2.34. The molecule has 0 spiro atoms. The van der Waals surface area contributed by atoms with Crippen molar-refractivity contribution >= 4 is 34.1 Å². The van der Waals surface area contributed by atoms with Crippen LogP contribution in [-0.4, -0.2) is 33.2 Å². The van der Waals surface area contributed by atoms with Crippen molar-refractivity contribution in [3.05, 3.63) is 63.3 Å². The summed E-state index contributed by atoms with van der Waals surface area (Å²) in [6, 6.07) is 10.8. The Balaban J connectivity index is 1.55. The first kappa shape index (κ1) is 16.7. The fourth-order valence-electron chi connectivity index (χ4n) is 3.53. The molecule has 1 unspecified atom stereocenters. The van der Waals surface area contributed by atoms with E-state index < -0.39 is 6.10 Å². The lowest BCUT2D eigenvalue weighted by Gasteiger charge is -2.29. The van der Waals surface area contributed by atoms with Crippen LogP contribution < -0.4 is 0 Å². The van der Waals surface area contributed by atoms with E-state index in [9.17, 15) is 10.2 Å². The number of β-amino-alcohol motifs (C(OH)–C–C–N with tert-alkyl or cyclic N) is 1. The lowest BCUT2D eigenvalue weighted by atomic mass is 10.0. The zero-order valence-electron chi connectivity index (χ0n) is 13.5. The average Bonchev–Trinajstić information content (AvgIpc) is 2.92. The molecule has 3 N–H and O–H groups in total. The van der Waals surface area contributed by atoms with Gasteiger partial charge in [-0.1, -0.05) is 35.3 Å². The molecule has 25 heavy (non-hydrogen) atoms. The zero-order valence-corrected chi connectivity index (χ0v) is 15.0. The number of aromatic amines is 1. The molecule has 1 atom stereocenters. The molecule has 0 radical (unpaired) electrons. The first-order chi connectivity index (χ1) is 12.0. The average molecular weight is 377 g/mol. The molecule has 0 saturated carbocycles. The number of nitrogens with zero attached hydrogens (tertiary/aromatic N) is 1. The number of nitrogens with one attached hydrogen (secondary N) is 1. The molecule has 2 aromatic carbocycles. The Morgan fingerprint density at radius 3 is 2.84 bits per heavy atom. The van der Waals surface area contributed by atoms with Gasteiger partial charge in [-0.25, -0.2) is 0 Å². The maximum Gasteiger partial charge on any atom is 0.136 e. The molecule has 0 bridgehead atoms. The smallest absolute Gasteiger partial charge is 0.136 e. The topological polar surface area (TPSA) is 59.5 Å². The molecule has 1 aliphatic heterocycles. The van der Waals surface area contributed by atoms with Crippen molar-refractivity contribution in [1.82, 2.24) is 9.88 Å². The number of aliphatic hydroxyl groups is 1. The largest absolute Gasteiger partial charge is 0.506 e. The van der Waals surface area contributed by atoms with Crippen molar-refractivity contribution in [2.45, 2.75) is 19.1 Å². The minimum Gasteiger partial charge on any atom is -0.506 e. The van der Waals surface area contributed by atoms with Gasteiger partial charge in [0.1, 0.15) is 5.75 Å². The van der Waals surface area contributed by atoms with Gasteiger partial charge in [-0.3, -0.25) is 4.90 Å². The number of phenolic OH excluding ortho intramolecular Hbond substituents is 1. The van der Waals surface area contributed by atoms with Gasteiger partial charge in [-0.15, -0.1) is 0 Å². The molecule has 6 heteroatoms. The van der Waals surface area contributed by atoms with Gasteiger partial charge < -0.3 is 15.2 Å². The molecule has 0 amide bonds. The predicted octanol–water partition coefficient (Wildman–Crippen LogP) is 4.27. The Hall–Kier alpha value is -1.72. The summed E-state index contributed by atoms with van der Waals surface area (Å²) in [5.41, 5.74) is 4.07. The van der Waals surface area contributed by atoms with Gasteiger partial charge in [0.2, 0.25) is 0 Å². The third-order valence-electron chi connectivity index (χ3n) is 4.79. The van der Waals surface area contributed by atoms with Gasteiger partial charge in [0, 0.05) is 47.3 Å². The van der Waals surface area contributed by atoms with E-state index in [4.69, 9.17) is 23.2 Å². The van der Waals surface area contributed by atoms with E-state index in [0.29, 0.717) is 16.6 Å². The minimum absolute atomic E-state index is 0.0843. The maximum absolute atomic E-state index is 10.5.